The molecule has 0 radical (unpaired) electrons. The topological polar surface area (TPSA) is 41.5 Å². The summed E-state index contributed by atoms with van der Waals surface area (Å²) < 4.78 is 6.08. The molecule has 0 heterocycles. The third-order valence-electron chi connectivity index (χ3n) is 2.48. The zero-order chi connectivity index (χ0) is 12.0. The van der Waals surface area contributed by atoms with Crippen molar-refractivity contribution in [3.63, 3.8) is 0 Å². The molecule has 1 aromatic rings. The molecule has 0 aliphatic heterocycles. The summed E-state index contributed by atoms with van der Waals surface area (Å²) in [6.45, 7) is 3.44. The van der Waals surface area contributed by atoms with Gasteiger partial charge in [0.15, 0.2) is 0 Å². The van der Waals surface area contributed by atoms with Crippen molar-refractivity contribution in [3.05, 3.63) is 28.2 Å². The molecule has 0 amide bonds. The van der Waals surface area contributed by atoms with Crippen LogP contribution in [0.15, 0.2) is 22.7 Å². The van der Waals surface area contributed by atoms with Gasteiger partial charge in [-0.2, -0.15) is 0 Å². The van der Waals surface area contributed by atoms with Gasteiger partial charge in [0.1, 0.15) is 5.75 Å². The maximum absolute atomic E-state index is 9.66. The third-order valence-corrected chi connectivity index (χ3v) is 2.98. The molecule has 1 unspecified atom stereocenters. The van der Waals surface area contributed by atoms with Crippen molar-refractivity contribution >= 4 is 15.9 Å². The van der Waals surface area contributed by atoms with Crippen LogP contribution in [0.4, 0.5) is 0 Å². The van der Waals surface area contributed by atoms with Gasteiger partial charge in [0.25, 0.3) is 0 Å². The standard InChI is InChI=1S/C12H18BrNO2/c1-3-11(8-16-2)14-7-9-6-10(13)4-5-12(9)15/h4-6,11,14-15H,3,7-8H2,1-2H3. The van der Waals surface area contributed by atoms with Crippen LogP contribution < -0.4 is 5.32 Å². The fraction of sp³-hybridized carbons (Fsp3) is 0.500. The Hall–Kier alpha value is -0.580. The van der Waals surface area contributed by atoms with Crippen molar-refractivity contribution in [1.29, 1.82) is 0 Å². The molecule has 3 nitrogen and oxygen atoms in total. The van der Waals surface area contributed by atoms with Crippen LogP contribution in [0.5, 0.6) is 5.75 Å². The molecular formula is C12H18BrNO2. The monoisotopic (exact) mass is 287 g/mol. The molecule has 2 N–H and O–H groups in total. The van der Waals surface area contributed by atoms with Gasteiger partial charge >= 0.3 is 0 Å². The number of ether oxygens (including phenoxy) is 1. The van der Waals surface area contributed by atoms with Gasteiger partial charge in [-0.1, -0.05) is 22.9 Å². The molecule has 1 atom stereocenters. The first-order valence-corrected chi connectivity index (χ1v) is 6.16. The normalized spacial score (nSPS) is 12.7. The van der Waals surface area contributed by atoms with Crippen LogP contribution in [-0.2, 0) is 11.3 Å². The minimum Gasteiger partial charge on any atom is -0.508 e. The van der Waals surface area contributed by atoms with Gasteiger partial charge in [-0.3, -0.25) is 0 Å². The van der Waals surface area contributed by atoms with E-state index in [1.54, 1.807) is 13.2 Å². The number of phenols is 1. The highest BCUT2D eigenvalue weighted by Gasteiger charge is 2.07. The van der Waals surface area contributed by atoms with Crippen LogP contribution in [0.2, 0.25) is 0 Å². The lowest BCUT2D eigenvalue weighted by Crippen LogP contribution is -2.32. The minimum absolute atomic E-state index is 0.322. The Balaban J connectivity index is 2.55. The number of aromatic hydroxyl groups is 1. The second kappa shape index (κ2) is 6.89. The molecule has 0 aliphatic carbocycles. The Labute approximate surface area is 105 Å². The highest BCUT2D eigenvalue weighted by molar-refractivity contribution is 9.10. The lowest BCUT2D eigenvalue weighted by atomic mass is 10.1. The lowest BCUT2D eigenvalue weighted by molar-refractivity contribution is 0.163. The van der Waals surface area contributed by atoms with E-state index in [4.69, 9.17) is 4.74 Å². The summed E-state index contributed by atoms with van der Waals surface area (Å²) in [5.41, 5.74) is 0.893. The number of halogens is 1. The van der Waals surface area contributed by atoms with E-state index >= 15 is 0 Å². The summed E-state index contributed by atoms with van der Waals surface area (Å²) >= 11 is 3.39. The number of hydrogen-bond acceptors (Lipinski definition) is 3. The Morgan fingerprint density at radius 3 is 2.88 bits per heavy atom. The molecule has 90 valence electrons. The molecule has 4 heteroatoms. The average Bonchev–Trinajstić information content (AvgIpc) is 2.28. The van der Waals surface area contributed by atoms with Gasteiger partial charge in [0, 0.05) is 29.7 Å². The molecule has 0 saturated heterocycles. The van der Waals surface area contributed by atoms with Crippen molar-refractivity contribution in [1.82, 2.24) is 5.32 Å². The van der Waals surface area contributed by atoms with Gasteiger partial charge in [-0.25, -0.2) is 0 Å². The molecule has 1 rings (SSSR count). The predicted molar refractivity (Wildman–Crippen MR) is 68.6 cm³/mol. The van der Waals surface area contributed by atoms with E-state index in [0.717, 1.165) is 16.5 Å². The molecule has 0 fully saturated rings. The number of methoxy groups -OCH3 is 1. The van der Waals surface area contributed by atoms with E-state index in [0.29, 0.717) is 24.9 Å². The minimum atomic E-state index is 0.322. The van der Waals surface area contributed by atoms with Crippen molar-refractivity contribution in [2.24, 2.45) is 0 Å². The van der Waals surface area contributed by atoms with E-state index < -0.39 is 0 Å². The van der Waals surface area contributed by atoms with Gasteiger partial charge in [-0.05, 0) is 24.6 Å². The Morgan fingerprint density at radius 2 is 2.25 bits per heavy atom. The Bertz CT molecular complexity index is 331. The van der Waals surface area contributed by atoms with Crippen LogP contribution in [-0.4, -0.2) is 24.9 Å². The first-order valence-electron chi connectivity index (χ1n) is 5.37. The summed E-state index contributed by atoms with van der Waals surface area (Å²) in [6, 6.07) is 5.76. The van der Waals surface area contributed by atoms with Crippen LogP contribution in [0.1, 0.15) is 18.9 Å². The highest BCUT2D eigenvalue weighted by atomic mass is 79.9. The highest BCUT2D eigenvalue weighted by Crippen LogP contribution is 2.21. The van der Waals surface area contributed by atoms with Crippen molar-refractivity contribution in [2.75, 3.05) is 13.7 Å². The zero-order valence-electron chi connectivity index (χ0n) is 9.66. The van der Waals surface area contributed by atoms with E-state index in [9.17, 15) is 5.11 Å². The van der Waals surface area contributed by atoms with E-state index in [1.807, 2.05) is 12.1 Å². The molecule has 0 bridgehead atoms. The predicted octanol–water partition coefficient (Wildman–Crippen LogP) is 2.67. The van der Waals surface area contributed by atoms with Crippen LogP contribution >= 0.6 is 15.9 Å². The first-order chi connectivity index (χ1) is 7.67. The number of phenolic OH excluding ortho intramolecular Hbond substituents is 1. The number of rotatable bonds is 6. The van der Waals surface area contributed by atoms with E-state index in [2.05, 4.69) is 28.2 Å². The molecule has 16 heavy (non-hydrogen) atoms. The molecule has 0 aromatic heterocycles. The van der Waals surface area contributed by atoms with Crippen LogP contribution in [0.25, 0.3) is 0 Å². The van der Waals surface area contributed by atoms with Crippen LogP contribution in [0.3, 0.4) is 0 Å². The maximum atomic E-state index is 9.66. The smallest absolute Gasteiger partial charge is 0.120 e. The largest absolute Gasteiger partial charge is 0.508 e. The second-order valence-corrected chi connectivity index (χ2v) is 4.63. The van der Waals surface area contributed by atoms with Gasteiger partial charge < -0.3 is 15.2 Å². The average molecular weight is 288 g/mol. The summed E-state index contributed by atoms with van der Waals surface area (Å²) in [5.74, 6) is 0.322. The maximum Gasteiger partial charge on any atom is 0.120 e. The van der Waals surface area contributed by atoms with Gasteiger partial charge in [-0.15, -0.1) is 0 Å². The number of benzene rings is 1. The summed E-state index contributed by atoms with van der Waals surface area (Å²) in [4.78, 5) is 0. The quantitative estimate of drug-likeness (QED) is 0.845. The molecule has 0 saturated carbocycles. The lowest BCUT2D eigenvalue weighted by Gasteiger charge is -2.16. The summed E-state index contributed by atoms with van der Waals surface area (Å²) in [5, 5.41) is 13.0. The first kappa shape index (κ1) is 13.5. The van der Waals surface area contributed by atoms with Crippen molar-refractivity contribution in [3.8, 4) is 5.75 Å². The number of hydrogen-bond donors (Lipinski definition) is 2. The molecular weight excluding hydrogens is 270 g/mol. The van der Waals surface area contributed by atoms with Gasteiger partial charge in [0.2, 0.25) is 0 Å². The van der Waals surface area contributed by atoms with Crippen molar-refractivity contribution < 1.29 is 9.84 Å². The van der Waals surface area contributed by atoms with E-state index in [1.165, 1.54) is 0 Å². The Morgan fingerprint density at radius 1 is 1.50 bits per heavy atom. The second-order valence-electron chi connectivity index (χ2n) is 3.71. The van der Waals surface area contributed by atoms with E-state index in [-0.39, 0.29) is 0 Å². The van der Waals surface area contributed by atoms with Crippen LogP contribution in [0, 0.1) is 0 Å². The Kier molecular flexibility index (Phi) is 5.80. The SMILES string of the molecule is CCC(COC)NCc1cc(Br)ccc1O. The van der Waals surface area contributed by atoms with Gasteiger partial charge in [0.05, 0.1) is 6.61 Å². The third kappa shape index (κ3) is 4.12. The molecule has 0 spiro atoms. The summed E-state index contributed by atoms with van der Waals surface area (Å²) in [6.07, 6.45) is 1.00. The van der Waals surface area contributed by atoms with Crippen molar-refractivity contribution in [2.45, 2.75) is 25.9 Å². The summed E-state index contributed by atoms with van der Waals surface area (Å²) in [7, 11) is 1.70. The molecule has 1 aromatic carbocycles. The fourth-order valence-corrected chi connectivity index (χ4v) is 1.88. The number of nitrogens with one attached hydrogen (secondary N) is 1. The fourth-order valence-electron chi connectivity index (χ4n) is 1.47. The zero-order valence-corrected chi connectivity index (χ0v) is 11.3. The molecule has 0 aliphatic rings.